The molecule has 0 saturated heterocycles. The van der Waals surface area contributed by atoms with Crippen LogP contribution in [-0.4, -0.2) is 19.5 Å². The average Bonchev–Trinajstić information content (AvgIpc) is 3.90. The molecule has 0 amide bonds. The molecule has 9 aromatic carbocycles. The van der Waals surface area contributed by atoms with Crippen LogP contribution in [0.5, 0.6) is 0 Å². The fourth-order valence-corrected chi connectivity index (χ4v) is 8.86. The molecule has 0 aliphatic heterocycles. The van der Waals surface area contributed by atoms with Crippen molar-refractivity contribution in [3.63, 3.8) is 0 Å². The van der Waals surface area contributed by atoms with Crippen molar-refractivity contribution in [1.29, 1.82) is 0 Å². The van der Waals surface area contributed by atoms with Gasteiger partial charge in [0, 0.05) is 38.5 Å². The van der Waals surface area contributed by atoms with Crippen molar-refractivity contribution >= 4 is 43.7 Å². The molecule has 62 heavy (non-hydrogen) atoms. The highest BCUT2D eigenvalue weighted by Crippen LogP contribution is 2.42. The number of benzene rings is 9. The van der Waals surface area contributed by atoms with E-state index in [1.807, 2.05) is 12.1 Å². The molecule has 0 N–H and O–H groups in total. The fraction of sp³-hybridized carbons (Fsp3) is 0. The average molecular weight is 793 g/mol. The SMILES string of the molecule is c1ccc(-c2ccc(-n3c4ccccc4c4ccc5oc6cc(-c7nc(-c8cccc(-c9ccccc9)c8)nc(-c8cccc(-c9ccccc9)c8)n7)ccc6c5c43)cc2)cc1. The van der Waals surface area contributed by atoms with E-state index in [4.69, 9.17) is 19.4 Å². The van der Waals surface area contributed by atoms with Crippen molar-refractivity contribution in [1.82, 2.24) is 19.5 Å². The molecule has 0 aliphatic carbocycles. The van der Waals surface area contributed by atoms with Crippen LogP contribution in [0.4, 0.5) is 0 Å². The highest BCUT2D eigenvalue weighted by Gasteiger charge is 2.21. The van der Waals surface area contributed by atoms with Gasteiger partial charge >= 0.3 is 0 Å². The Bertz CT molecular complexity index is 3510. The maximum absolute atomic E-state index is 6.76. The molecule has 5 heteroatoms. The minimum absolute atomic E-state index is 0.570. The van der Waals surface area contributed by atoms with Crippen molar-refractivity contribution in [3.05, 3.63) is 218 Å². The van der Waals surface area contributed by atoms with E-state index in [1.54, 1.807) is 0 Å². The maximum Gasteiger partial charge on any atom is 0.164 e. The Balaban J connectivity index is 1.03. The first-order valence-corrected chi connectivity index (χ1v) is 20.8. The van der Waals surface area contributed by atoms with Crippen LogP contribution in [0.1, 0.15) is 0 Å². The van der Waals surface area contributed by atoms with E-state index < -0.39 is 0 Å². The lowest BCUT2D eigenvalue weighted by molar-refractivity contribution is 0.669. The summed E-state index contributed by atoms with van der Waals surface area (Å²) in [6.45, 7) is 0. The van der Waals surface area contributed by atoms with Gasteiger partial charge in [0.05, 0.1) is 16.4 Å². The predicted molar refractivity (Wildman–Crippen MR) is 254 cm³/mol. The first-order chi connectivity index (χ1) is 30.7. The summed E-state index contributed by atoms with van der Waals surface area (Å²) in [6.07, 6.45) is 0. The first-order valence-electron chi connectivity index (χ1n) is 20.8. The van der Waals surface area contributed by atoms with E-state index >= 15 is 0 Å². The van der Waals surface area contributed by atoms with Gasteiger partial charge in [0.25, 0.3) is 0 Å². The zero-order chi connectivity index (χ0) is 41.0. The predicted octanol–water partition coefficient (Wildman–Crippen LogP) is 14.9. The first kappa shape index (κ1) is 35.5. The molecule has 0 fully saturated rings. The number of hydrogen-bond acceptors (Lipinski definition) is 4. The van der Waals surface area contributed by atoms with Crippen LogP contribution in [0.25, 0.3) is 117 Å². The molecular formula is C57H36N4O. The summed E-state index contributed by atoms with van der Waals surface area (Å²) in [5.74, 6) is 1.77. The van der Waals surface area contributed by atoms with Crippen LogP contribution in [0.15, 0.2) is 223 Å². The minimum atomic E-state index is 0.570. The topological polar surface area (TPSA) is 56.7 Å². The number of furan rings is 1. The lowest BCUT2D eigenvalue weighted by atomic mass is 10.0. The quantitative estimate of drug-likeness (QED) is 0.161. The molecule has 0 bridgehead atoms. The van der Waals surface area contributed by atoms with Gasteiger partial charge in [-0.15, -0.1) is 0 Å². The van der Waals surface area contributed by atoms with Gasteiger partial charge in [-0.1, -0.05) is 164 Å². The third-order valence-electron chi connectivity index (χ3n) is 11.9. The monoisotopic (exact) mass is 792 g/mol. The minimum Gasteiger partial charge on any atom is -0.456 e. The molecular weight excluding hydrogens is 757 g/mol. The summed E-state index contributed by atoms with van der Waals surface area (Å²) in [5, 5.41) is 4.47. The molecule has 3 aromatic heterocycles. The summed E-state index contributed by atoms with van der Waals surface area (Å²) in [5.41, 5.74) is 14.4. The summed E-state index contributed by atoms with van der Waals surface area (Å²) >= 11 is 0. The van der Waals surface area contributed by atoms with Crippen LogP contribution in [0.3, 0.4) is 0 Å². The summed E-state index contributed by atoms with van der Waals surface area (Å²) in [6, 6.07) is 76.2. The Morgan fingerprint density at radius 3 is 1.35 bits per heavy atom. The van der Waals surface area contributed by atoms with Gasteiger partial charge in [0.2, 0.25) is 0 Å². The Morgan fingerprint density at radius 1 is 0.306 bits per heavy atom. The van der Waals surface area contributed by atoms with Gasteiger partial charge in [-0.05, 0) is 88.0 Å². The highest BCUT2D eigenvalue weighted by molar-refractivity contribution is 6.24. The van der Waals surface area contributed by atoms with Gasteiger partial charge in [0.1, 0.15) is 11.2 Å². The van der Waals surface area contributed by atoms with Gasteiger partial charge in [0.15, 0.2) is 17.5 Å². The Morgan fingerprint density at radius 2 is 0.758 bits per heavy atom. The van der Waals surface area contributed by atoms with E-state index in [0.717, 1.165) is 77.6 Å². The highest BCUT2D eigenvalue weighted by atomic mass is 16.3. The van der Waals surface area contributed by atoms with E-state index in [2.05, 4.69) is 211 Å². The van der Waals surface area contributed by atoms with Gasteiger partial charge in [-0.3, -0.25) is 0 Å². The molecule has 12 aromatic rings. The van der Waals surface area contributed by atoms with Crippen LogP contribution in [0, 0.1) is 0 Å². The van der Waals surface area contributed by atoms with Gasteiger partial charge in [-0.25, -0.2) is 15.0 Å². The summed E-state index contributed by atoms with van der Waals surface area (Å²) in [4.78, 5) is 15.5. The zero-order valence-corrected chi connectivity index (χ0v) is 33.5. The maximum atomic E-state index is 6.76. The molecule has 0 radical (unpaired) electrons. The molecule has 0 saturated carbocycles. The van der Waals surface area contributed by atoms with Gasteiger partial charge < -0.3 is 8.98 Å². The van der Waals surface area contributed by atoms with E-state index in [0.29, 0.717) is 17.5 Å². The Hall–Kier alpha value is -8.41. The van der Waals surface area contributed by atoms with Crippen LogP contribution >= 0.6 is 0 Å². The normalized spacial score (nSPS) is 11.5. The van der Waals surface area contributed by atoms with Gasteiger partial charge in [-0.2, -0.15) is 0 Å². The van der Waals surface area contributed by atoms with Crippen molar-refractivity contribution in [2.75, 3.05) is 0 Å². The van der Waals surface area contributed by atoms with Crippen LogP contribution in [0.2, 0.25) is 0 Å². The number of nitrogens with zero attached hydrogens (tertiary/aromatic N) is 4. The Kier molecular flexibility index (Phi) is 8.42. The molecule has 0 aliphatic rings. The second-order valence-corrected chi connectivity index (χ2v) is 15.6. The largest absolute Gasteiger partial charge is 0.456 e. The van der Waals surface area contributed by atoms with E-state index in [1.165, 1.54) is 21.9 Å². The molecule has 5 nitrogen and oxygen atoms in total. The zero-order valence-electron chi connectivity index (χ0n) is 33.5. The van der Waals surface area contributed by atoms with Crippen LogP contribution < -0.4 is 0 Å². The molecule has 3 heterocycles. The summed E-state index contributed by atoms with van der Waals surface area (Å²) in [7, 11) is 0. The number of aromatic nitrogens is 4. The molecule has 0 spiro atoms. The molecule has 12 rings (SSSR count). The van der Waals surface area contributed by atoms with Crippen molar-refractivity contribution in [3.8, 4) is 73.2 Å². The smallest absolute Gasteiger partial charge is 0.164 e. The standard InChI is InChI=1S/C57H36N4O/c1-4-14-37(15-5-1)40-26-29-46(30-27-40)61-50-25-11-10-24-47(50)48-32-33-51-53(54(48)61)49-31-28-45(36-52(49)62-51)57-59-55(43-22-12-20-41(34-43)38-16-6-2-7-17-38)58-56(60-57)44-23-13-21-42(35-44)39-18-8-3-9-19-39/h1-36H. The fourth-order valence-electron chi connectivity index (χ4n) is 8.86. The third-order valence-corrected chi connectivity index (χ3v) is 11.9. The second-order valence-electron chi connectivity index (χ2n) is 15.6. The van der Waals surface area contributed by atoms with E-state index in [9.17, 15) is 0 Å². The van der Waals surface area contributed by atoms with Crippen LogP contribution in [-0.2, 0) is 0 Å². The summed E-state index contributed by atoms with van der Waals surface area (Å²) < 4.78 is 9.14. The van der Waals surface area contributed by atoms with Crippen molar-refractivity contribution < 1.29 is 4.42 Å². The second kappa shape index (κ2) is 14.7. The third kappa shape index (κ3) is 6.14. The number of para-hydroxylation sites is 1. The lowest BCUT2D eigenvalue weighted by Crippen LogP contribution is -2.00. The van der Waals surface area contributed by atoms with Crippen molar-refractivity contribution in [2.45, 2.75) is 0 Å². The lowest BCUT2D eigenvalue weighted by Gasteiger charge is -2.11. The molecule has 0 unspecified atom stereocenters. The van der Waals surface area contributed by atoms with E-state index in [-0.39, 0.29) is 0 Å². The molecule has 0 atom stereocenters. The number of fused-ring (bicyclic) bond motifs is 7. The number of hydrogen-bond donors (Lipinski definition) is 0. The Labute approximate surface area is 357 Å². The van der Waals surface area contributed by atoms with Crippen molar-refractivity contribution in [2.24, 2.45) is 0 Å². The molecule has 290 valence electrons. The number of rotatable bonds is 7.